The summed E-state index contributed by atoms with van der Waals surface area (Å²) in [7, 11) is -4.22. The largest absolute Gasteiger partial charge is 0.775 e. The van der Waals surface area contributed by atoms with Gasteiger partial charge in [-0.15, -0.1) is 0 Å². The van der Waals surface area contributed by atoms with Crippen LogP contribution in [-0.4, -0.2) is 41.0 Å². The Morgan fingerprint density at radius 2 is 2.21 bits per heavy atom. The smallest absolute Gasteiger partial charge is 0.217 e. The molecular weight excluding hydrogens is 275 g/mol. The van der Waals surface area contributed by atoms with Crippen LogP contribution < -0.4 is 16.4 Å². The Balaban J connectivity index is 0.00000324. The molecule has 19 heavy (non-hydrogen) atoms. The number of carbonyl (C=O) groups is 1. The minimum Gasteiger partial charge on any atom is -0.775 e. The summed E-state index contributed by atoms with van der Waals surface area (Å²) in [6.07, 6.45) is -1.54. The summed E-state index contributed by atoms with van der Waals surface area (Å²) in [5, 5.41) is 21.7. The zero-order valence-corrected chi connectivity index (χ0v) is 12.1. The van der Waals surface area contributed by atoms with E-state index in [1.54, 1.807) is 0 Å². The quantitative estimate of drug-likeness (QED) is 0.511. The SMILES string of the molecule is CCOP(=O)([O-])C1=C[C@H](O)[C@@H](NC(C)=O)[C@H](O)C1.[NH4+]. The van der Waals surface area contributed by atoms with E-state index in [-0.39, 0.29) is 24.5 Å². The summed E-state index contributed by atoms with van der Waals surface area (Å²) in [4.78, 5) is 22.5. The molecule has 1 rings (SSSR count). The third kappa shape index (κ3) is 4.68. The van der Waals surface area contributed by atoms with Crippen molar-refractivity contribution in [3.63, 3.8) is 0 Å². The predicted molar refractivity (Wildman–Crippen MR) is 67.5 cm³/mol. The summed E-state index contributed by atoms with van der Waals surface area (Å²) in [5.74, 6) is -0.412. The number of hydrogen-bond acceptors (Lipinski definition) is 6. The maximum atomic E-state index is 11.6. The van der Waals surface area contributed by atoms with Gasteiger partial charge in [-0.3, -0.25) is 4.79 Å². The molecule has 0 aromatic heterocycles. The van der Waals surface area contributed by atoms with E-state index in [4.69, 9.17) is 0 Å². The Hall–Kier alpha value is -0.760. The average molecular weight is 296 g/mol. The summed E-state index contributed by atoms with van der Waals surface area (Å²) in [5.41, 5.74) is 0. The Bertz CT molecular complexity index is 399. The molecule has 1 unspecified atom stereocenters. The molecule has 0 aromatic rings. The molecule has 0 heterocycles. The molecule has 9 heteroatoms. The molecule has 4 atom stereocenters. The highest BCUT2D eigenvalue weighted by atomic mass is 31.2. The number of aliphatic hydroxyl groups excluding tert-OH is 2. The second-order valence-electron chi connectivity index (χ2n) is 4.06. The molecule has 0 saturated carbocycles. The molecule has 0 aliphatic heterocycles. The van der Waals surface area contributed by atoms with Gasteiger partial charge in [0.1, 0.15) is 0 Å². The van der Waals surface area contributed by atoms with Gasteiger partial charge >= 0.3 is 0 Å². The first-order valence-electron chi connectivity index (χ1n) is 5.58. The van der Waals surface area contributed by atoms with Crippen molar-refractivity contribution in [2.75, 3.05) is 6.61 Å². The zero-order chi connectivity index (χ0) is 13.9. The van der Waals surface area contributed by atoms with Crippen LogP contribution in [0.5, 0.6) is 0 Å². The van der Waals surface area contributed by atoms with Crippen LogP contribution in [0.15, 0.2) is 11.4 Å². The first-order chi connectivity index (χ1) is 8.27. The molecular formula is C10H21N2O6P. The van der Waals surface area contributed by atoms with E-state index in [9.17, 15) is 24.5 Å². The van der Waals surface area contributed by atoms with E-state index >= 15 is 0 Å². The summed E-state index contributed by atoms with van der Waals surface area (Å²) < 4.78 is 16.2. The molecule has 0 radical (unpaired) electrons. The zero-order valence-electron chi connectivity index (χ0n) is 11.2. The third-order valence-electron chi connectivity index (χ3n) is 2.58. The highest BCUT2D eigenvalue weighted by Crippen LogP contribution is 2.50. The molecule has 0 bridgehead atoms. The van der Waals surface area contributed by atoms with Crippen molar-refractivity contribution in [2.45, 2.75) is 38.5 Å². The van der Waals surface area contributed by atoms with Gasteiger partial charge in [0, 0.05) is 18.7 Å². The second kappa shape index (κ2) is 7.14. The van der Waals surface area contributed by atoms with Gasteiger partial charge in [-0.1, -0.05) is 0 Å². The predicted octanol–water partition coefficient (Wildman–Crippen LogP) is -0.533. The molecule has 0 spiro atoms. The lowest BCUT2D eigenvalue weighted by Gasteiger charge is -2.36. The molecule has 0 saturated heterocycles. The van der Waals surface area contributed by atoms with Crippen LogP contribution in [0.4, 0.5) is 0 Å². The van der Waals surface area contributed by atoms with Crippen LogP contribution in [0.1, 0.15) is 20.3 Å². The van der Waals surface area contributed by atoms with Crippen molar-refractivity contribution in [1.82, 2.24) is 11.5 Å². The highest BCUT2D eigenvalue weighted by molar-refractivity contribution is 7.56. The Morgan fingerprint density at radius 3 is 2.63 bits per heavy atom. The Morgan fingerprint density at radius 1 is 1.63 bits per heavy atom. The molecule has 1 amide bonds. The second-order valence-corrected chi connectivity index (χ2v) is 5.89. The van der Waals surface area contributed by atoms with E-state index in [1.807, 2.05) is 0 Å². The fourth-order valence-electron chi connectivity index (χ4n) is 1.81. The number of rotatable bonds is 4. The number of hydrogen-bond donors (Lipinski definition) is 4. The fraction of sp³-hybridized carbons (Fsp3) is 0.700. The van der Waals surface area contributed by atoms with Gasteiger partial charge in [-0.25, -0.2) is 0 Å². The van der Waals surface area contributed by atoms with E-state index in [0.717, 1.165) is 6.08 Å². The van der Waals surface area contributed by atoms with E-state index in [0.29, 0.717) is 0 Å². The van der Waals surface area contributed by atoms with Crippen LogP contribution in [0.3, 0.4) is 0 Å². The Kier molecular flexibility index (Phi) is 6.85. The van der Waals surface area contributed by atoms with Crippen LogP contribution in [0.25, 0.3) is 0 Å². The first kappa shape index (κ1) is 18.2. The lowest BCUT2D eigenvalue weighted by molar-refractivity contribution is -0.196. The summed E-state index contributed by atoms with van der Waals surface area (Å²) in [6.45, 7) is 2.76. The lowest BCUT2D eigenvalue weighted by Crippen LogP contribution is -2.51. The maximum absolute atomic E-state index is 11.6. The number of quaternary nitrogens is 1. The minimum atomic E-state index is -4.22. The van der Waals surface area contributed by atoms with E-state index in [2.05, 4.69) is 9.84 Å². The fourth-order valence-corrected chi connectivity index (χ4v) is 3.06. The highest BCUT2D eigenvalue weighted by Gasteiger charge is 2.34. The van der Waals surface area contributed by atoms with Gasteiger partial charge < -0.3 is 35.7 Å². The number of nitrogens with one attached hydrogen (secondary N) is 1. The van der Waals surface area contributed by atoms with E-state index in [1.165, 1.54) is 13.8 Å². The summed E-state index contributed by atoms with van der Waals surface area (Å²) in [6, 6.07) is -0.909. The van der Waals surface area contributed by atoms with Gasteiger partial charge in [-0.2, -0.15) is 0 Å². The molecule has 0 fully saturated rings. The van der Waals surface area contributed by atoms with Crippen LogP contribution in [0, 0.1) is 0 Å². The molecule has 0 aromatic carbocycles. The molecule has 1 aliphatic rings. The maximum Gasteiger partial charge on any atom is 0.217 e. The van der Waals surface area contributed by atoms with Crippen molar-refractivity contribution in [3.8, 4) is 0 Å². The van der Waals surface area contributed by atoms with Crippen LogP contribution >= 0.6 is 7.60 Å². The Labute approximate surface area is 111 Å². The van der Waals surface area contributed by atoms with Crippen molar-refractivity contribution >= 4 is 13.5 Å². The van der Waals surface area contributed by atoms with Gasteiger partial charge in [0.25, 0.3) is 0 Å². The summed E-state index contributed by atoms with van der Waals surface area (Å²) >= 11 is 0. The molecule has 8 nitrogen and oxygen atoms in total. The number of amides is 1. The average Bonchev–Trinajstić information content (AvgIpc) is 2.22. The molecule has 1 aliphatic carbocycles. The van der Waals surface area contributed by atoms with Crippen LogP contribution in [-0.2, 0) is 13.9 Å². The van der Waals surface area contributed by atoms with Gasteiger partial charge in [0.05, 0.1) is 24.9 Å². The third-order valence-corrected chi connectivity index (χ3v) is 4.22. The van der Waals surface area contributed by atoms with Crippen molar-refractivity contribution in [3.05, 3.63) is 11.4 Å². The van der Waals surface area contributed by atoms with Crippen molar-refractivity contribution < 1.29 is 29.0 Å². The van der Waals surface area contributed by atoms with Crippen molar-refractivity contribution in [2.24, 2.45) is 0 Å². The standard InChI is InChI=1S/C10H18NO6P.H3N/c1-3-17-18(15,16)7-4-8(13)10(9(14)5-7)11-6(2)12;/h4,8-10,13-14H,3,5H2,1-2H3,(H,11,12)(H,15,16);1H3/t8-,9+,10+;/m0./s1. The monoisotopic (exact) mass is 296 g/mol. The molecule has 112 valence electrons. The van der Waals surface area contributed by atoms with Gasteiger partial charge in [0.15, 0.2) is 7.60 Å². The molecule has 7 N–H and O–H groups in total. The van der Waals surface area contributed by atoms with Crippen LogP contribution in [0.2, 0.25) is 0 Å². The van der Waals surface area contributed by atoms with Gasteiger partial charge in [0.2, 0.25) is 5.91 Å². The van der Waals surface area contributed by atoms with E-state index < -0.39 is 31.8 Å². The topological polar surface area (TPSA) is 155 Å². The lowest BCUT2D eigenvalue weighted by atomic mass is 9.95. The first-order valence-corrected chi connectivity index (χ1v) is 7.12. The number of carbonyl (C=O) groups excluding carboxylic acids is 1. The van der Waals surface area contributed by atoms with Gasteiger partial charge in [-0.05, 0) is 13.0 Å². The minimum absolute atomic E-state index is 0. The normalized spacial score (nSPS) is 29.7. The van der Waals surface area contributed by atoms with Crippen molar-refractivity contribution in [1.29, 1.82) is 0 Å². The number of aliphatic hydroxyl groups is 2.